The van der Waals surface area contributed by atoms with E-state index in [1.54, 1.807) is 17.3 Å². The van der Waals surface area contributed by atoms with Gasteiger partial charge in [0.15, 0.2) is 4.73 Å². The average molecular weight is 399 g/mol. The second kappa shape index (κ2) is 6.32. The van der Waals surface area contributed by atoms with E-state index in [2.05, 4.69) is 25.9 Å². The first-order chi connectivity index (χ1) is 10.8. The molecule has 0 N–H and O–H groups in total. The summed E-state index contributed by atoms with van der Waals surface area (Å²) in [6, 6.07) is 0. The zero-order valence-electron chi connectivity index (χ0n) is 13.3. The van der Waals surface area contributed by atoms with E-state index in [-0.39, 0.29) is 11.3 Å². The van der Waals surface area contributed by atoms with Crippen LogP contribution in [-0.4, -0.2) is 49.8 Å². The second-order valence-corrected chi connectivity index (χ2v) is 8.40. The minimum absolute atomic E-state index is 0.113. The van der Waals surface area contributed by atoms with Crippen molar-refractivity contribution in [1.82, 2.24) is 19.3 Å². The van der Waals surface area contributed by atoms with Gasteiger partial charge in [0.05, 0.1) is 22.7 Å². The van der Waals surface area contributed by atoms with Crippen LogP contribution in [0.5, 0.6) is 0 Å². The molecule has 1 atom stereocenters. The molecule has 1 amide bonds. The highest BCUT2D eigenvalue weighted by molar-refractivity contribution is 9.10. The Hall–Kier alpha value is -1.28. The van der Waals surface area contributed by atoms with E-state index in [0.717, 1.165) is 21.7 Å². The topological polar surface area (TPSA) is 59.7 Å². The zero-order valence-corrected chi connectivity index (χ0v) is 15.7. The van der Waals surface area contributed by atoms with Crippen LogP contribution in [0.2, 0.25) is 0 Å². The van der Waals surface area contributed by atoms with Gasteiger partial charge in [0.1, 0.15) is 5.60 Å². The summed E-state index contributed by atoms with van der Waals surface area (Å²) in [6.07, 6.45) is 5.14. The van der Waals surface area contributed by atoms with Crippen LogP contribution in [0.3, 0.4) is 0 Å². The van der Waals surface area contributed by atoms with E-state index in [1.165, 1.54) is 0 Å². The first-order valence-corrected chi connectivity index (χ1v) is 9.26. The molecule has 1 aliphatic heterocycles. The molecule has 0 aromatic carbocycles. The van der Waals surface area contributed by atoms with Gasteiger partial charge in [-0.25, -0.2) is 9.78 Å². The van der Waals surface area contributed by atoms with Crippen LogP contribution in [-0.2, 0) is 4.74 Å². The fourth-order valence-corrected chi connectivity index (χ4v) is 4.19. The number of thioether (sulfide) groups is 1. The maximum absolute atomic E-state index is 12.3. The Bertz CT molecular complexity index is 728. The molecule has 0 saturated carbocycles. The number of aromatic nitrogens is 3. The number of hydrogen-bond donors (Lipinski definition) is 0. The third kappa shape index (κ3) is 3.63. The van der Waals surface area contributed by atoms with Crippen LogP contribution in [0.4, 0.5) is 4.79 Å². The van der Waals surface area contributed by atoms with Gasteiger partial charge in [0.25, 0.3) is 0 Å². The predicted octanol–water partition coefficient (Wildman–Crippen LogP) is 3.52. The lowest BCUT2D eigenvalue weighted by molar-refractivity contribution is 0.0256. The molecule has 0 bridgehead atoms. The lowest BCUT2D eigenvalue weighted by Gasteiger charge is -2.33. The molecule has 8 heteroatoms. The highest BCUT2D eigenvalue weighted by Gasteiger charge is 2.31. The Kier molecular flexibility index (Phi) is 4.55. The van der Waals surface area contributed by atoms with Gasteiger partial charge in [-0.2, -0.15) is 0 Å². The third-order valence-electron chi connectivity index (χ3n) is 3.46. The van der Waals surface area contributed by atoms with Crippen LogP contribution in [0.25, 0.3) is 5.52 Å². The standard InChI is InChI=1S/C15H19BrN4O2S/c1-15(2,3)22-14(21)19-6-7-23-11(9-19)12-10-8-17-4-5-20(10)13(16)18-12/h4-5,8,11H,6-7,9H2,1-3H3. The summed E-state index contributed by atoms with van der Waals surface area (Å²) >= 11 is 5.29. The molecule has 124 valence electrons. The van der Waals surface area contributed by atoms with E-state index in [0.29, 0.717) is 13.1 Å². The number of rotatable bonds is 1. The van der Waals surface area contributed by atoms with Crippen molar-refractivity contribution in [2.75, 3.05) is 18.8 Å². The Morgan fingerprint density at radius 3 is 3.00 bits per heavy atom. The summed E-state index contributed by atoms with van der Waals surface area (Å²) in [5.74, 6) is 0.862. The number of fused-ring (bicyclic) bond motifs is 1. The number of carbonyl (C=O) groups excluding carboxylic acids is 1. The normalized spacial score (nSPS) is 19.1. The van der Waals surface area contributed by atoms with Crippen LogP contribution in [0, 0.1) is 0 Å². The molecule has 3 heterocycles. The number of imidazole rings is 1. The van der Waals surface area contributed by atoms with Crippen LogP contribution in [0.1, 0.15) is 31.7 Å². The summed E-state index contributed by atoms with van der Waals surface area (Å²) < 4.78 is 8.19. The molecule has 0 radical (unpaired) electrons. The third-order valence-corrected chi connectivity index (χ3v) is 5.21. The molecule has 1 fully saturated rings. The molecular formula is C15H19BrN4O2S. The van der Waals surface area contributed by atoms with E-state index < -0.39 is 5.60 Å². The fourth-order valence-electron chi connectivity index (χ4n) is 2.47. The molecule has 3 rings (SSSR count). The summed E-state index contributed by atoms with van der Waals surface area (Å²) in [4.78, 5) is 22.9. The van der Waals surface area contributed by atoms with Gasteiger partial charge in [-0.15, -0.1) is 11.8 Å². The first kappa shape index (κ1) is 16.6. The van der Waals surface area contributed by atoms with Crippen LogP contribution < -0.4 is 0 Å². The fraction of sp³-hybridized carbons (Fsp3) is 0.533. The highest BCUT2D eigenvalue weighted by atomic mass is 79.9. The molecule has 2 aromatic rings. The Labute approximate surface area is 147 Å². The molecule has 1 saturated heterocycles. The van der Waals surface area contributed by atoms with Gasteiger partial charge in [0.2, 0.25) is 0 Å². The van der Waals surface area contributed by atoms with Gasteiger partial charge < -0.3 is 9.64 Å². The smallest absolute Gasteiger partial charge is 0.410 e. The summed E-state index contributed by atoms with van der Waals surface area (Å²) in [5, 5.41) is 0.113. The van der Waals surface area contributed by atoms with Gasteiger partial charge in [-0.3, -0.25) is 9.38 Å². The van der Waals surface area contributed by atoms with Crippen molar-refractivity contribution in [2.24, 2.45) is 0 Å². The number of carbonyl (C=O) groups is 1. The predicted molar refractivity (Wildman–Crippen MR) is 93.7 cm³/mol. The maximum atomic E-state index is 12.3. The van der Waals surface area contributed by atoms with E-state index in [9.17, 15) is 4.79 Å². The average Bonchev–Trinajstić information content (AvgIpc) is 2.83. The molecule has 0 aliphatic carbocycles. The molecule has 1 aliphatic rings. The Morgan fingerprint density at radius 1 is 1.48 bits per heavy atom. The lowest BCUT2D eigenvalue weighted by atomic mass is 10.2. The second-order valence-electron chi connectivity index (χ2n) is 6.38. The van der Waals surface area contributed by atoms with E-state index >= 15 is 0 Å². The number of ether oxygens (including phenoxy) is 1. The molecule has 1 unspecified atom stereocenters. The number of halogens is 1. The minimum atomic E-state index is -0.481. The van der Waals surface area contributed by atoms with Crippen molar-refractivity contribution >= 4 is 39.3 Å². The highest BCUT2D eigenvalue weighted by Crippen LogP contribution is 2.36. The van der Waals surface area contributed by atoms with E-state index in [4.69, 9.17) is 4.74 Å². The Morgan fingerprint density at radius 2 is 2.26 bits per heavy atom. The van der Waals surface area contributed by atoms with Gasteiger partial charge >= 0.3 is 6.09 Å². The lowest BCUT2D eigenvalue weighted by Crippen LogP contribution is -2.42. The van der Waals surface area contributed by atoms with Crippen molar-refractivity contribution in [1.29, 1.82) is 0 Å². The van der Waals surface area contributed by atoms with Crippen molar-refractivity contribution in [3.8, 4) is 0 Å². The van der Waals surface area contributed by atoms with Crippen molar-refractivity contribution in [3.63, 3.8) is 0 Å². The maximum Gasteiger partial charge on any atom is 0.410 e. The van der Waals surface area contributed by atoms with Gasteiger partial charge in [0, 0.05) is 31.2 Å². The van der Waals surface area contributed by atoms with Crippen molar-refractivity contribution in [2.45, 2.75) is 31.6 Å². The zero-order chi connectivity index (χ0) is 16.6. The van der Waals surface area contributed by atoms with Crippen molar-refractivity contribution in [3.05, 3.63) is 29.0 Å². The summed E-state index contributed by atoms with van der Waals surface area (Å²) in [5.41, 5.74) is 1.43. The Balaban J connectivity index is 1.82. The molecule has 6 nitrogen and oxygen atoms in total. The molecular weight excluding hydrogens is 380 g/mol. The van der Waals surface area contributed by atoms with Crippen LogP contribution >= 0.6 is 27.7 Å². The van der Waals surface area contributed by atoms with Crippen LogP contribution in [0.15, 0.2) is 23.3 Å². The van der Waals surface area contributed by atoms with Gasteiger partial charge in [-0.1, -0.05) is 0 Å². The first-order valence-electron chi connectivity index (χ1n) is 7.42. The molecule has 2 aromatic heterocycles. The summed E-state index contributed by atoms with van der Waals surface area (Å²) in [6.45, 7) is 6.93. The van der Waals surface area contributed by atoms with E-state index in [1.807, 2.05) is 43.1 Å². The largest absolute Gasteiger partial charge is 0.444 e. The van der Waals surface area contributed by atoms with Crippen molar-refractivity contribution < 1.29 is 9.53 Å². The summed E-state index contributed by atoms with van der Waals surface area (Å²) in [7, 11) is 0. The number of nitrogens with zero attached hydrogens (tertiary/aromatic N) is 4. The number of amides is 1. The monoisotopic (exact) mass is 398 g/mol. The number of hydrogen-bond acceptors (Lipinski definition) is 5. The quantitative estimate of drug-likeness (QED) is 0.735. The SMILES string of the molecule is CC(C)(C)OC(=O)N1CCSC(c2nc(Br)n3ccncc23)C1. The molecule has 0 spiro atoms. The molecule has 23 heavy (non-hydrogen) atoms. The van der Waals surface area contributed by atoms with Gasteiger partial charge in [-0.05, 0) is 36.7 Å². The minimum Gasteiger partial charge on any atom is -0.444 e.